The molecule has 1 N–H and O–H groups in total. The highest BCUT2D eigenvalue weighted by Gasteiger charge is 2.26. The van der Waals surface area contributed by atoms with Crippen LogP contribution in [-0.2, 0) is 0 Å². The van der Waals surface area contributed by atoms with Crippen molar-refractivity contribution in [3.05, 3.63) is 0 Å². The van der Waals surface area contributed by atoms with Crippen molar-refractivity contribution < 1.29 is 5.11 Å². The first-order valence-corrected chi connectivity index (χ1v) is 5.29. The lowest BCUT2D eigenvalue weighted by Gasteiger charge is -2.37. The third-order valence-electron chi connectivity index (χ3n) is 2.70. The summed E-state index contributed by atoms with van der Waals surface area (Å²) in [6.45, 7) is 12.0. The average Bonchev–Trinajstić information content (AvgIpc) is 1.94. The number of likely N-dealkylation sites (tertiary alicyclic amines) is 1. The van der Waals surface area contributed by atoms with Crippen molar-refractivity contribution in [2.45, 2.75) is 40.2 Å². The van der Waals surface area contributed by atoms with E-state index in [9.17, 15) is 5.11 Å². The topological polar surface area (TPSA) is 23.5 Å². The van der Waals surface area contributed by atoms with Crippen LogP contribution in [0, 0.1) is 11.3 Å². The number of β-amino-alcohol motifs (C(OH)–C–C–N with tert-alkyl or cyclic N) is 1. The first-order valence-electron chi connectivity index (χ1n) is 5.29. The summed E-state index contributed by atoms with van der Waals surface area (Å²) in [7, 11) is 0. The summed E-state index contributed by atoms with van der Waals surface area (Å²) in [5.41, 5.74) is 0.348. The predicted molar refractivity (Wildman–Crippen MR) is 55.7 cm³/mol. The summed E-state index contributed by atoms with van der Waals surface area (Å²) in [6, 6.07) is 0. The van der Waals surface area contributed by atoms with Gasteiger partial charge in [0.1, 0.15) is 0 Å². The molecule has 0 spiro atoms. The minimum absolute atomic E-state index is 0.115. The van der Waals surface area contributed by atoms with Crippen LogP contribution in [0.2, 0.25) is 0 Å². The lowest BCUT2D eigenvalue weighted by molar-refractivity contribution is 0.0166. The summed E-state index contributed by atoms with van der Waals surface area (Å²) in [5.74, 6) is 0.483. The molecule has 0 bridgehead atoms. The number of aliphatic hydroxyl groups is 1. The fourth-order valence-corrected chi connectivity index (χ4v) is 1.93. The molecule has 2 heteroatoms. The summed E-state index contributed by atoms with van der Waals surface area (Å²) in [4.78, 5) is 2.38. The molecule has 1 rings (SSSR count). The number of rotatable bonds is 1. The SMILES string of the molecule is CC1CCN(CC(C)(C)C)CC1O. The maximum atomic E-state index is 9.70. The Bertz CT molecular complexity index is 162. The maximum Gasteiger partial charge on any atom is 0.0693 e. The minimum Gasteiger partial charge on any atom is -0.392 e. The number of nitrogens with zero attached hydrogens (tertiary/aromatic N) is 1. The normalized spacial score (nSPS) is 32.1. The Hall–Kier alpha value is -0.0800. The van der Waals surface area contributed by atoms with E-state index in [1.807, 2.05) is 0 Å². The monoisotopic (exact) mass is 185 g/mol. The summed E-state index contributed by atoms with van der Waals surface area (Å²) in [5, 5.41) is 9.70. The lowest BCUT2D eigenvalue weighted by Crippen LogP contribution is -2.45. The highest BCUT2D eigenvalue weighted by atomic mass is 16.3. The van der Waals surface area contributed by atoms with Crippen molar-refractivity contribution in [1.82, 2.24) is 4.90 Å². The Morgan fingerprint density at radius 1 is 1.38 bits per heavy atom. The van der Waals surface area contributed by atoms with Crippen LogP contribution in [0.4, 0.5) is 0 Å². The van der Waals surface area contributed by atoms with Gasteiger partial charge in [-0.2, -0.15) is 0 Å². The van der Waals surface area contributed by atoms with Crippen molar-refractivity contribution in [2.75, 3.05) is 19.6 Å². The van der Waals surface area contributed by atoms with E-state index >= 15 is 0 Å². The lowest BCUT2D eigenvalue weighted by atomic mass is 9.91. The molecule has 2 atom stereocenters. The van der Waals surface area contributed by atoms with Crippen LogP contribution in [0.3, 0.4) is 0 Å². The first kappa shape index (κ1) is 11.0. The average molecular weight is 185 g/mol. The van der Waals surface area contributed by atoms with E-state index in [0.29, 0.717) is 11.3 Å². The smallest absolute Gasteiger partial charge is 0.0693 e. The van der Waals surface area contributed by atoms with Gasteiger partial charge in [-0.05, 0) is 24.3 Å². The van der Waals surface area contributed by atoms with Gasteiger partial charge in [0.05, 0.1) is 6.10 Å². The molecule has 1 aliphatic rings. The predicted octanol–water partition coefficient (Wildman–Crippen LogP) is 1.74. The van der Waals surface area contributed by atoms with Crippen LogP contribution in [0.25, 0.3) is 0 Å². The first-order chi connectivity index (χ1) is 5.88. The zero-order valence-electron chi connectivity index (χ0n) is 9.38. The highest BCUT2D eigenvalue weighted by molar-refractivity contribution is 4.79. The van der Waals surface area contributed by atoms with E-state index in [2.05, 4.69) is 32.6 Å². The molecule has 0 aromatic heterocycles. The molecule has 13 heavy (non-hydrogen) atoms. The van der Waals surface area contributed by atoms with E-state index < -0.39 is 0 Å². The molecule has 78 valence electrons. The Morgan fingerprint density at radius 3 is 2.46 bits per heavy atom. The third kappa shape index (κ3) is 3.65. The molecule has 0 aromatic carbocycles. The second-order valence-corrected chi connectivity index (χ2v) is 5.63. The highest BCUT2D eigenvalue weighted by Crippen LogP contribution is 2.21. The quantitative estimate of drug-likeness (QED) is 0.672. The van der Waals surface area contributed by atoms with Crippen molar-refractivity contribution >= 4 is 0 Å². The van der Waals surface area contributed by atoms with Gasteiger partial charge in [-0.25, -0.2) is 0 Å². The van der Waals surface area contributed by atoms with Gasteiger partial charge >= 0.3 is 0 Å². The van der Waals surface area contributed by atoms with Gasteiger partial charge in [-0.15, -0.1) is 0 Å². The van der Waals surface area contributed by atoms with Crippen molar-refractivity contribution in [3.63, 3.8) is 0 Å². The molecule has 1 aliphatic heterocycles. The molecule has 1 saturated heterocycles. The van der Waals surface area contributed by atoms with Crippen molar-refractivity contribution in [3.8, 4) is 0 Å². The molecular weight excluding hydrogens is 162 g/mol. The van der Waals surface area contributed by atoms with E-state index in [4.69, 9.17) is 0 Å². The van der Waals surface area contributed by atoms with Gasteiger partial charge in [0.15, 0.2) is 0 Å². The largest absolute Gasteiger partial charge is 0.392 e. The van der Waals surface area contributed by atoms with E-state index in [0.717, 1.165) is 26.1 Å². The molecule has 0 saturated carbocycles. The van der Waals surface area contributed by atoms with Crippen molar-refractivity contribution in [1.29, 1.82) is 0 Å². The summed E-state index contributed by atoms with van der Waals surface area (Å²) >= 11 is 0. The number of hydrogen-bond acceptors (Lipinski definition) is 2. The number of piperidine rings is 1. The molecule has 0 aliphatic carbocycles. The third-order valence-corrected chi connectivity index (χ3v) is 2.70. The van der Waals surface area contributed by atoms with Gasteiger partial charge in [0, 0.05) is 13.1 Å². The Labute approximate surface area is 81.9 Å². The van der Waals surface area contributed by atoms with E-state index in [1.165, 1.54) is 0 Å². The Balaban J connectivity index is 2.38. The molecule has 1 heterocycles. The molecule has 1 fully saturated rings. The molecule has 2 nitrogen and oxygen atoms in total. The zero-order valence-corrected chi connectivity index (χ0v) is 9.38. The second-order valence-electron chi connectivity index (χ2n) is 5.63. The number of aliphatic hydroxyl groups excluding tert-OH is 1. The fourth-order valence-electron chi connectivity index (χ4n) is 1.93. The van der Waals surface area contributed by atoms with E-state index in [-0.39, 0.29) is 6.10 Å². The Kier molecular flexibility index (Phi) is 3.36. The van der Waals surface area contributed by atoms with Crippen LogP contribution in [0.1, 0.15) is 34.1 Å². The molecule has 0 amide bonds. The van der Waals surface area contributed by atoms with Crippen LogP contribution >= 0.6 is 0 Å². The molecular formula is C11H23NO. The molecule has 2 unspecified atom stereocenters. The van der Waals surface area contributed by atoms with Crippen LogP contribution in [-0.4, -0.2) is 35.7 Å². The van der Waals surface area contributed by atoms with Crippen LogP contribution in [0.15, 0.2) is 0 Å². The van der Waals surface area contributed by atoms with Crippen molar-refractivity contribution in [2.24, 2.45) is 11.3 Å². The standard InChI is InChI=1S/C11H23NO/c1-9-5-6-12(7-10(9)13)8-11(2,3)4/h9-10,13H,5-8H2,1-4H3. The summed E-state index contributed by atoms with van der Waals surface area (Å²) < 4.78 is 0. The minimum atomic E-state index is -0.115. The Morgan fingerprint density at radius 2 is 2.00 bits per heavy atom. The molecule has 0 aromatic rings. The zero-order chi connectivity index (χ0) is 10.1. The second kappa shape index (κ2) is 3.97. The summed E-state index contributed by atoms with van der Waals surface area (Å²) in [6.07, 6.45) is 1.02. The van der Waals surface area contributed by atoms with Gasteiger partial charge in [-0.1, -0.05) is 27.7 Å². The van der Waals surface area contributed by atoms with Gasteiger partial charge < -0.3 is 10.0 Å². The van der Waals surface area contributed by atoms with Crippen LogP contribution in [0.5, 0.6) is 0 Å². The fraction of sp³-hybridized carbons (Fsp3) is 1.00. The maximum absolute atomic E-state index is 9.70. The van der Waals surface area contributed by atoms with Crippen LogP contribution < -0.4 is 0 Å². The van der Waals surface area contributed by atoms with Gasteiger partial charge in [0.25, 0.3) is 0 Å². The molecule has 0 radical (unpaired) electrons. The van der Waals surface area contributed by atoms with Gasteiger partial charge in [-0.3, -0.25) is 0 Å². The van der Waals surface area contributed by atoms with Gasteiger partial charge in [0.2, 0.25) is 0 Å². The number of hydrogen-bond donors (Lipinski definition) is 1. The van der Waals surface area contributed by atoms with E-state index in [1.54, 1.807) is 0 Å².